The van der Waals surface area contributed by atoms with Gasteiger partial charge in [-0.3, -0.25) is 19.1 Å². The molecule has 2 fully saturated rings. The van der Waals surface area contributed by atoms with Crippen LogP contribution in [0.1, 0.15) is 36.5 Å². The summed E-state index contributed by atoms with van der Waals surface area (Å²) in [5.41, 5.74) is 1.27. The molecule has 33 heavy (non-hydrogen) atoms. The zero-order chi connectivity index (χ0) is 23.4. The molecule has 9 heteroatoms. The van der Waals surface area contributed by atoms with Crippen LogP contribution in [0.15, 0.2) is 36.7 Å². The Morgan fingerprint density at radius 3 is 2.67 bits per heavy atom. The van der Waals surface area contributed by atoms with Crippen LogP contribution in [0.2, 0.25) is 0 Å². The van der Waals surface area contributed by atoms with Gasteiger partial charge in [-0.15, -0.1) is 0 Å². The zero-order valence-electron chi connectivity index (χ0n) is 19.2. The molecule has 2 aliphatic rings. The van der Waals surface area contributed by atoms with Gasteiger partial charge in [-0.2, -0.15) is 5.10 Å². The number of aromatic nitrogens is 2. The van der Waals surface area contributed by atoms with Gasteiger partial charge >= 0.3 is 0 Å². The van der Waals surface area contributed by atoms with E-state index < -0.39 is 0 Å². The molecule has 0 saturated carbocycles. The van der Waals surface area contributed by atoms with E-state index in [0.717, 1.165) is 18.5 Å². The Morgan fingerprint density at radius 1 is 1.21 bits per heavy atom. The molecule has 2 aliphatic heterocycles. The van der Waals surface area contributed by atoms with Gasteiger partial charge in [0.25, 0.3) is 5.91 Å². The van der Waals surface area contributed by atoms with E-state index in [2.05, 4.69) is 10.4 Å². The van der Waals surface area contributed by atoms with Gasteiger partial charge < -0.3 is 19.9 Å². The largest absolute Gasteiger partial charge is 0.492 e. The number of anilines is 1. The van der Waals surface area contributed by atoms with Gasteiger partial charge in [0.1, 0.15) is 5.75 Å². The van der Waals surface area contributed by atoms with E-state index in [1.807, 2.05) is 36.1 Å². The quantitative estimate of drug-likeness (QED) is 0.690. The number of carbonyl (C=O) groups is 3. The van der Waals surface area contributed by atoms with E-state index in [4.69, 9.17) is 4.74 Å². The summed E-state index contributed by atoms with van der Waals surface area (Å²) < 4.78 is 7.27. The normalized spacial score (nSPS) is 19.1. The second-order valence-electron chi connectivity index (χ2n) is 8.69. The molecule has 2 aromatic rings. The Balaban J connectivity index is 1.28. The molecule has 176 valence electrons. The molecule has 3 heterocycles. The summed E-state index contributed by atoms with van der Waals surface area (Å²) in [5, 5.41) is 6.99. The summed E-state index contributed by atoms with van der Waals surface area (Å²) in [5.74, 6) is 0.517. The van der Waals surface area contributed by atoms with Crippen molar-refractivity contribution in [3.8, 4) is 5.75 Å². The highest BCUT2D eigenvalue weighted by Crippen LogP contribution is 2.34. The Labute approximate surface area is 193 Å². The number of amides is 3. The van der Waals surface area contributed by atoms with Gasteiger partial charge in [0.15, 0.2) is 0 Å². The van der Waals surface area contributed by atoms with Crippen LogP contribution in [0.25, 0.3) is 0 Å². The van der Waals surface area contributed by atoms with Gasteiger partial charge in [0, 0.05) is 45.8 Å². The summed E-state index contributed by atoms with van der Waals surface area (Å²) in [6.45, 7) is 4.67. The molecular formula is C24H31N5O4. The lowest BCUT2D eigenvalue weighted by Crippen LogP contribution is -2.44. The van der Waals surface area contributed by atoms with Crippen LogP contribution >= 0.6 is 0 Å². The lowest BCUT2D eigenvalue weighted by molar-refractivity contribution is -0.137. The fourth-order valence-corrected chi connectivity index (χ4v) is 4.56. The van der Waals surface area contributed by atoms with Crippen molar-refractivity contribution in [3.63, 3.8) is 0 Å². The molecule has 2 saturated heterocycles. The third kappa shape index (κ3) is 5.18. The van der Waals surface area contributed by atoms with E-state index >= 15 is 0 Å². The number of aryl methyl sites for hydroxylation is 1. The molecule has 0 radical (unpaired) electrons. The molecule has 1 aromatic heterocycles. The van der Waals surface area contributed by atoms with Gasteiger partial charge in [0.2, 0.25) is 11.8 Å². The third-order valence-corrected chi connectivity index (χ3v) is 6.37. The van der Waals surface area contributed by atoms with Crippen LogP contribution in [0.5, 0.6) is 5.75 Å². The van der Waals surface area contributed by atoms with Crippen LogP contribution in [0.4, 0.5) is 5.69 Å². The number of ether oxygens (including phenoxy) is 1. The minimum Gasteiger partial charge on any atom is -0.492 e. The molecule has 0 aliphatic carbocycles. The van der Waals surface area contributed by atoms with Gasteiger partial charge in [-0.25, -0.2) is 0 Å². The van der Waals surface area contributed by atoms with E-state index in [9.17, 15) is 14.4 Å². The standard InChI is InChI=1S/C24H31N5O4/c1-3-33-21-7-5-4-6-20(21)29-16-18(12-22(29)30)24(32)28-10-8-17(9-11-28)13-25-23(31)19-14-26-27(2)15-19/h4-7,14-15,17-18H,3,8-13,16H2,1-2H3,(H,25,31). The molecule has 0 bridgehead atoms. The van der Waals surface area contributed by atoms with Crippen LogP contribution in [-0.2, 0) is 16.6 Å². The van der Waals surface area contributed by atoms with Crippen molar-refractivity contribution >= 4 is 23.4 Å². The number of hydrogen-bond donors (Lipinski definition) is 1. The lowest BCUT2D eigenvalue weighted by Gasteiger charge is -2.33. The Kier molecular flexibility index (Phi) is 6.96. The number of nitrogens with one attached hydrogen (secondary N) is 1. The smallest absolute Gasteiger partial charge is 0.254 e. The van der Waals surface area contributed by atoms with Crippen LogP contribution in [-0.4, -0.2) is 65.2 Å². The highest BCUT2D eigenvalue weighted by molar-refractivity contribution is 6.01. The van der Waals surface area contributed by atoms with E-state index in [1.165, 1.54) is 0 Å². The van der Waals surface area contributed by atoms with Gasteiger partial charge in [0.05, 0.1) is 30.0 Å². The maximum absolute atomic E-state index is 13.1. The summed E-state index contributed by atoms with van der Waals surface area (Å²) in [4.78, 5) is 41.6. The van der Waals surface area contributed by atoms with Crippen molar-refractivity contribution in [3.05, 3.63) is 42.2 Å². The second kappa shape index (κ2) is 10.1. The maximum atomic E-state index is 13.1. The fourth-order valence-electron chi connectivity index (χ4n) is 4.56. The molecule has 1 aromatic carbocycles. The average Bonchev–Trinajstić information content (AvgIpc) is 3.43. The first-order valence-electron chi connectivity index (χ1n) is 11.5. The van der Waals surface area contributed by atoms with Crippen molar-refractivity contribution in [1.82, 2.24) is 20.0 Å². The monoisotopic (exact) mass is 453 g/mol. The number of carbonyl (C=O) groups excluding carboxylic acids is 3. The SMILES string of the molecule is CCOc1ccccc1N1CC(C(=O)N2CCC(CNC(=O)c3cnn(C)c3)CC2)CC1=O. The van der Waals surface area contributed by atoms with Gasteiger partial charge in [-0.05, 0) is 37.8 Å². The Hall–Kier alpha value is -3.36. The predicted octanol–water partition coefficient (Wildman–Crippen LogP) is 1.84. The van der Waals surface area contributed by atoms with Crippen molar-refractivity contribution in [2.24, 2.45) is 18.9 Å². The number of piperidine rings is 1. The Bertz CT molecular complexity index is 1010. The summed E-state index contributed by atoms with van der Waals surface area (Å²) in [6.07, 6.45) is 5.12. The number of likely N-dealkylation sites (tertiary alicyclic amines) is 1. The number of para-hydroxylation sites is 2. The maximum Gasteiger partial charge on any atom is 0.254 e. The Morgan fingerprint density at radius 2 is 1.97 bits per heavy atom. The summed E-state index contributed by atoms with van der Waals surface area (Å²) in [7, 11) is 1.78. The van der Waals surface area contributed by atoms with Crippen molar-refractivity contribution in [1.29, 1.82) is 0 Å². The van der Waals surface area contributed by atoms with E-state index in [-0.39, 0.29) is 30.1 Å². The molecule has 0 spiro atoms. The van der Waals surface area contributed by atoms with Gasteiger partial charge in [-0.1, -0.05) is 12.1 Å². The number of nitrogens with zero attached hydrogens (tertiary/aromatic N) is 4. The first-order chi connectivity index (χ1) is 16.0. The highest BCUT2D eigenvalue weighted by Gasteiger charge is 2.39. The average molecular weight is 454 g/mol. The minimum atomic E-state index is -0.339. The minimum absolute atomic E-state index is 0.0394. The molecule has 4 rings (SSSR count). The fraction of sp³-hybridized carbons (Fsp3) is 0.500. The highest BCUT2D eigenvalue weighted by atomic mass is 16.5. The molecule has 1 unspecified atom stereocenters. The number of benzene rings is 1. The molecule has 3 amide bonds. The van der Waals surface area contributed by atoms with Crippen molar-refractivity contribution in [2.45, 2.75) is 26.2 Å². The van der Waals surface area contributed by atoms with E-state index in [1.54, 1.807) is 29.0 Å². The van der Waals surface area contributed by atoms with Crippen LogP contribution in [0, 0.1) is 11.8 Å². The first-order valence-corrected chi connectivity index (χ1v) is 11.5. The zero-order valence-corrected chi connectivity index (χ0v) is 19.2. The second-order valence-corrected chi connectivity index (χ2v) is 8.69. The lowest BCUT2D eigenvalue weighted by atomic mass is 9.95. The summed E-state index contributed by atoms with van der Waals surface area (Å²) >= 11 is 0. The first kappa shape index (κ1) is 22.8. The molecule has 9 nitrogen and oxygen atoms in total. The molecule has 1 atom stereocenters. The van der Waals surface area contributed by atoms with Crippen molar-refractivity contribution < 1.29 is 19.1 Å². The number of hydrogen-bond acceptors (Lipinski definition) is 5. The van der Waals surface area contributed by atoms with Crippen LogP contribution in [0.3, 0.4) is 0 Å². The predicted molar refractivity (Wildman–Crippen MR) is 123 cm³/mol. The number of rotatable bonds is 7. The summed E-state index contributed by atoms with van der Waals surface area (Å²) in [6, 6.07) is 7.46. The topological polar surface area (TPSA) is 96.8 Å². The molecule has 1 N–H and O–H groups in total. The van der Waals surface area contributed by atoms with Crippen LogP contribution < -0.4 is 15.0 Å². The third-order valence-electron chi connectivity index (χ3n) is 6.37. The van der Waals surface area contributed by atoms with E-state index in [0.29, 0.717) is 50.0 Å². The van der Waals surface area contributed by atoms with Crippen molar-refractivity contribution in [2.75, 3.05) is 37.7 Å². The molecular weight excluding hydrogens is 422 g/mol.